The van der Waals surface area contributed by atoms with Crippen LogP contribution in [-0.2, 0) is 0 Å². The van der Waals surface area contributed by atoms with Crippen molar-refractivity contribution in [1.29, 1.82) is 0 Å². The molecule has 1 rings (SSSR count). The second kappa shape index (κ2) is 7.99. The molecule has 90 valence electrons. The Morgan fingerprint density at radius 2 is 1.94 bits per heavy atom. The molecule has 0 aliphatic carbocycles. The van der Waals surface area contributed by atoms with Crippen LogP contribution in [0.3, 0.4) is 0 Å². The van der Waals surface area contributed by atoms with Crippen molar-refractivity contribution in [2.24, 2.45) is 0 Å². The van der Waals surface area contributed by atoms with Gasteiger partial charge in [0.05, 0.1) is 0 Å². The number of nitrogens with one attached hydrogen (secondary N) is 1. The van der Waals surface area contributed by atoms with Crippen LogP contribution in [0.15, 0.2) is 29.2 Å². The van der Waals surface area contributed by atoms with Crippen LogP contribution in [0.4, 0.5) is 0 Å². The second-order valence-corrected chi connectivity index (χ2v) is 5.35. The lowest BCUT2D eigenvalue weighted by Gasteiger charge is -2.15. The van der Waals surface area contributed by atoms with Gasteiger partial charge in [-0.2, -0.15) is 0 Å². The first-order valence-electron chi connectivity index (χ1n) is 5.88. The van der Waals surface area contributed by atoms with Gasteiger partial charge in [0.25, 0.3) is 0 Å². The molecule has 1 N–H and O–H groups in total. The summed E-state index contributed by atoms with van der Waals surface area (Å²) in [7, 11) is 0. The highest BCUT2D eigenvalue weighted by atomic mass is 35.5. The SMILES string of the molecule is CCCNC(CC)CSc1ccc(Cl)cc1. The molecule has 1 atom stereocenters. The maximum absolute atomic E-state index is 5.85. The van der Waals surface area contributed by atoms with E-state index in [-0.39, 0.29) is 0 Å². The molecule has 1 nitrogen and oxygen atoms in total. The highest BCUT2D eigenvalue weighted by Crippen LogP contribution is 2.21. The van der Waals surface area contributed by atoms with E-state index in [2.05, 4.69) is 31.3 Å². The molecular formula is C13H20ClNS. The zero-order chi connectivity index (χ0) is 11.8. The predicted molar refractivity (Wildman–Crippen MR) is 74.5 cm³/mol. The van der Waals surface area contributed by atoms with E-state index >= 15 is 0 Å². The van der Waals surface area contributed by atoms with Gasteiger partial charge in [-0.1, -0.05) is 25.4 Å². The van der Waals surface area contributed by atoms with Gasteiger partial charge in [-0.15, -0.1) is 11.8 Å². The molecule has 0 aliphatic rings. The Morgan fingerprint density at radius 1 is 1.25 bits per heavy atom. The monoisotopic (exact) mass is 257 g/mol. The van der Waals surface area contributed by atoms with E-state index in [1.54, 1.807) is 0 Å². The molecule has 3 heteroatoms. The third kappa shape index (κ3) is 5.24. The molecule has 0 bridgehead atoms. The Hall–Kier alpha value is -0.180. The van der Waals surface area contributed by atoms with E-state index in [1.807, 2.05) is 23.9 Å². The van der Waals surface area contributed by atoms with Gasteiger partial charge in [0, 0.05) is 21.7 Å². The standard InChI is InChI=1S/C13H20ClNS/c1-3-9-15-12(4-2)10-16-13-7-5-11(14)6-8-13/h5-8,12,15H,3-4,9-10H2,1-2H3. The normalized spacial score (nSPS) is 12.7. The maximum Gasteiger partial charge on any atom is 0.0406 e. The lowest BCUT2D eigenvalue weighted by Crippen LogP contribution is -2.31. The van der Waals surface area contributed by atoms with Crippen LogP contribution in [0.25, 0.3) is 0 Å². The van der Waals surface area contributed by atoms with E-state index in [0.29, 0.717) is 6.04 Å². The molecule has 1 aromatic carbocycles. The van der Waals surface area contributed by atoms with Gasteiger partial charge in [0.2, 0.25) is 0 Å². The van der Waals surface area contributed by atoms with E-state index in [0.717, 1.165) is 17.3 Å². The molecule has 0 saturated heterocycles. The zero-order valence-corrected chi connectivity index (χ0v) is 11.6. The quantitative estimate of drug-likeness (QED) is 0.735. The van der Waals surface area contributed by atoms with Crippen LogP contribution < -0.4 is 5.32 Å². The third-order valence-corrected chi connectivity index (χ3v) is 3.87. The predicted octanol–water partition coefficient (Wildman–Crippen LogP) is 4.21. The lowest BCUT2D eigenvalue weighted by atomic mass is 10.2. The molecular weight excluding hydrogens is 238 g/mol. The molecule has 16 heavy (non-hydrogen) atoms. The molecule has 0 amide bonds. The Balaban J connectivity index is 2.34. The van der Waals surface area contributed by atoms with Crippen molar-refractivity contribution in [2.45, 2.75) is 37.6 Å². The van der Waals surface area contributed by atoms with Crippen LogP contribution in [0.1, 0.15) is 26.7 Å². The highest BCUT2D eigenvalue weighted by Gasteiger charge is 2.05. The van der Waals surface area contributed by atoms with Gasteiger partial charge in [-0.05, 0) is 43.7 Å². The zero-order valence-electron chi connectivity index (χ0n) is 10.0. The molecule has 0 saturated carbocycles. The lowest BCUT2D eigenvalue weighted by molar-refractivity contribution is 0.539. The van der Waals surface area contributed by atoms with Crippen molar-refractivity contribution in [3.05, 3.63) is 29.3 Å². The smallest absolute Gasteiger partial charge is 0.0406 e. The Labute approximate surface area is 108 Å². The first kappa shape index (κ1) is 13.9. The molecule has 0 spiro atoms. The summed E-state index contributed by atoms with van der Waals surface area (Å²) in [4.78, 5) is 1.29. The average Bonchev–Trinajstić information content (AvgIpc) is 2.32. The van der Waals surface area contributed by atoms with Crippen LogP contribution in [0.5, 0.6) is 0 Å². The Kier molecular flexibility index (Phi) is 6.93. The van der Waals surface area contributed by atoms with E-state index in [1.165, 1.54) is 17.7 Å². The van der Waals surface area contributed by atoms with Crippen LogP contribution >= 0.6 is 23.4 Å². The second-order valence-electron chi connectivity index (χ2n) is 3.82. The highest BCUT2D eigenvalue weighted by molar-refractivity contribution is 7.99. The first-order valence-corrected chi connectivity index (χ1v) is 7.24. The molecule has 0 fully saturated rings. The van der Waals surface area contributed by atoms with Crippen LogP contribution in [0.2, 0.25) is 5.02 Å². The average molecular weight is 258 g/mol. The number of hydrogen-bond acceptors (Lipinski definition) is 2. The van der Waals surface area contributed by atoms with Gasteiger partial charge >= 0.3 is 0 Å². The van der Waals surface area contributed by atoms with E-state index in [9.17, 15) is 0 Å². The van der Waals surface area contributed by atoms with Gasteiger partial charge in [-0.3, -0.25) is 0 Å². The minimum absolute atomic E-state index is 0.612. The number of hydrogen-bond donors (Lipinski definition) is 1. The van der Waals surface area contributed by atoms with Gasteiger partial charge in [0.1, 0.15) is 0 Å². The summed E-state index contributed by atoms with van der Waals surface area (Å²) < 4.78 is 0. The fourth-order valence-corrected chi connectivity index (χ4v) is 2.60. The van der Waals surface area contributed by atoms with E-state index < -0.39 is 0 Å². The third-order valence-electron chi connectivity index (χ3n) is 2.44. The Bertz CT molecular complexity index is 286. The fourth-order valence-electron chi connectivity index (χ4n) is 1.40. The van der Waals surface area contributed by atoms with Crippen molar-refractivity contribution in [2.75, 3.05) is 12.3 Å². The van der Waals surface area contributed by atoms with Crippen LogP contribution in [-0.4, -0.2) is 18.3 Å². The van der Waals surface area contributed by atoms with Crippen molar-refractivity contribution in [3.63, 3.8) is 0 Å². The number of rotatable bonds is 7. The van der Waals surface area contributed by atoms with Gasteiger partial charge < -0.3 is 5.32 Å². The summed E-state index contributed by atoms with van der Waals surface area (Å²) in [5, 5.41) is 4.36. The van der Waals surface area contributed by atoms with Crippen LogP contribution in [0, 0.1) is 0 Å². The minimum Gasteiger partial charge on any atom is -0.313 e. The summed E-state index contributed by atoms with van der Waals surface area (Å²) in [6.45, 7) is 5.54. The summed E-state index contributed by atoms with van der Waals surface area (Å²) in [6.07, 6.45) is 2.38. The number of thioether (sulfide) groups is 1. The summed E-state index contributed by atoms with van der Waals surface area (Å²) in [5.74, 6) is 1.12. The minimum atomic E-state index is 0.612. The van der Waals surface area contributed by atoms with Gasteiger partial charge in [0.15, 0.2) is 0 Å². The summed E-state index contributed by atoms with van der Waals surface area (Å²) in [5.41, 5.74) is 0. The molecule has 1 unspecified atom stereocenters. The summed E-state index contributed by atoms with van der Waals surface area (Å²) >= 11 is 7.74. The van der Waals surface area contributed by atoms with Crippen molar-refractivity contribution in [1.82, 2.24) is 5.32 Å². The van der Waals surface area contributed by atoms with E-state index in [4.69, 9.17) is 11.6 Å². The number of halogens is 1. The fraction of sp³-hybridized carbons (Fsp3) is 0.538. The van der Waals surface area contributed by atoms with Gasteiger partial charge in [-0.25, -0.2) is 0 Å². The van der Waals surface area contributed by atoms with Crippen molar-refractivity contribution < 1.29 is 0 Å². The largest absolute Gasteiger partial charge is 0.313 e. The molecule has 0 heterocycles. The Morgan fingerprint density at radius 3 is 2.50 bits per heavy atom. The topological polar surface area (TPSA) is 12.0 Å². The van der Waals surface area contributed by atoms with Crippen molar-refractivity contribution in [3.8, 4) is 0 Å². The summed E-state index contributed by atoms with van der Waals surface area (Å²) in [6, 6.07) is 8.67. The first-order chi connectivity index (χ1) is 7.76. The molecule has 1 aromatic rings. The molecule has 0 aromatic heterocycles. The maximum atomic E-state index is 5.85. The molecule has 0 aliphatic heterocycles. The molecule has 0 radical (unpaired) electrons. The number of benzene rings is 1. The van der Waals surface area contributed by atoms with Crippen molar-refractivity contribution >= 4 is 23.4 Å².